The largest absolute Gasteiger partial charge is 0.447 e. The lowest BCUT2D eigenvalue weighted by atomic mass is 10.3. The molecule has 1 saturated heterocycles. The number of morpholine rings is 1. The van der Waals surface area contributed by atoms with Crippen molar-refractivity contribution in [3.8, 4) is 0 Å². The number of furan rings is 1. The number of ether oxygens (including phenoxy) is 1. The van der Waals surface area contributed by atoms with Gasteiger partial charge in [-0.15, -0.1) is 0 Å². The third-order valence-electron chi connectivity index (χ3n) is 3.10. The predicted octanol–water partition coefficient (Wildman–Crippen LogP) is -0.392. The Labute approximate surface area is 119 Å². The third kappa shape index (κ3) is 4.03. The molecule has 0 amide bonds. The molecule has 1 aliphatic rings. The van der Waals surface area contributed by atoms with E-state index in [1.807, 2.05) is 7.05 Å². The molecule has 2 N–H and O–H groups in total. The second-order valence-electron chi connectivity index (χ2n) is 4.86. The van der Waals surface area contributed by atoms with Crippen LogP contribution in [0, 0.1) is 0 Å². The highest BCUT2D eigenvalue weighted by Crippen LogP contribution is 2.14. The van der Waals surface area contributed by atoms with Crippen molar-refractivity contribution in [1.82, 2.24) is 14.9 Å². The lowest BCUT2D eigenvalue weighted by Gasteiger charge is -2.29. The van der Waals surface area contributed by atoms with Gasteiger partial charge in [-0.3, -0.25) is 0 Å². The standard InChI is InChI=1S/C12H21N3O4S/c1-13-7-10-3-4-12(19-10)20(16,17)14-8-11-9-15(2)5-6-18-11/h3-4,11,13-14H,5-9H2,1-2H3. The van der Waals surface area contributed by atoms with Crippen LogP contribution in [0.4, 0.5) is 0 Å². The molecule has 0 bridgehead atoms. The van der Waals surface area contributed by atoms with Gasteiger partial charge < -0.3 is 19.4 Å². The molecule has 0 radical (unpaired) electrons. The number of hydrogen-bond acceptors (Lipinski definition) is 6. The molecule has 0 aromatic carbocycles. The molecule has 1 aromatic rings. The second kappa shape index (κ2) is 6.68. The molecule has 0 aliphatic carbocycles. The normalized spacial score (nSPS) is 21.2. The van der Waals surface area contributed by atoms with Crippen molar-refractivity contribution < 1.29 is 17.6 Å². The van der Waals surface area contributed by atoms with Crippen LogP contribution in [0.1, 0.15) is 5.76 Å². The van der Waals surface area contributed by atoms with Crippen LogP contribution >= 0.6 is 0 Å². The van der Waals surface area contributed by atoms with E-state index >= 15 is 0 Å². The molecule has 1 aromatic heterocycles. The summed E-state index contributed by atoms with van der Waals surface area (Å²) < 4.78 is 37.5. The van der Waals surface area contributed by atoms with Gasteiger partial charge >= 0.3 is 0 Å². The highest BCUT2D eigenvalue weighted by Gasteiger charge is 2.23. The molecule has 2 heterocycles. The van der Waals surface area contributed by atoms with Crippen molar-refractivity contribution in [1.29, 1.82) is 0 Å². The topological polar surface area (TPSA) is 83.8 Å². The van der Waals surface area contributed by atoms with Crippen molar-refractivity contribution in [3.63, 3.8) is 0 Å². The van der Waals surface area contributed by atoms with Gasteiger partial charge in [0, 0.05) is 19.6 Å². The Balaban J connectivity index is 1.92. The molecule has 1 unspecified atom stereocenters. The molecule has 0 spiro atoms. The first-order valence-corrected chi connectivity index (χ1v) is 8.02. The molecule has 114 valence electrons. The average Bonchev–Trinajstić information content (AvgIpc) is 2.87. The summed E-state index contributed by atoms with van der Waals surface area (Å²) in [6.07, 6.45) is -0.129. The van der Waals surface area contributed by atoms with Crippen molar-refractivity contribution in [2.24, 2.45) is 0 Å². The summed E-state index contributed by atoms with van der Waals surface area (Å²) >= 11 is 0. The van der Waals surface area contributed by atoms with E-state index in [-0.39, 0.29) is 17.7 Å². The van der Waals surface area contributed by atoms with E-state index in [9.17, 15) is 8.42 Å². The number of nitrogens with zero attached hydrogens (tertiary/aromatic N) is 1. The van der Waals surface area contributed by atoms with Crippen molar-refractivity contribution >= 4 is 10.0 Å². The van der Waals surface area contributed by atoms with E-state index < -0.39 is 10.0 Å². The number of likely N-dealkylation sites (N-methyl/N-ethyl adjacent to an activating group) is 1. The van der Waals surface area contributed by atoms with Gasteiger partial charge in [0.2, 0.25) is 5.09 Å². The first-order valence-electron chi connectivity index (χ1n) is 6.54. The van der Waals surface area contributed by atoms with Gasteiger partial charge in [0.1, 0.15) is 5.76 Å². The van der Waals surface area contributed by atoms with Crippen molar-refractivity contribution in [3.05, 3.63) is 17.9 Å². The number of rotatable bonds is 6. The smallest absolute Gasteiger partial charge is 0.274 e. The summed E-state index contributed by atoms with van der Waals surface area (Å²) in [6, 6.07) is 3.11. The minimum absolute atomic E-state index is 0.0630. The minimum atomic E-state index is -3.62. The Bertz CT molecular complexity index is 529. The van der Waals surface area contributed by atoms with Crippen LogP contribution in [-0.4, -0.2) is 59.8 Å². The maximum atomic E-state index is 12.1. The SMILES string of the molecule is CNCc1ccc(S(=O)(=O)NCC2CN(C)CCO2)o1. The lowest BCUT2D eigenvalue weighted by Crippen LogP contribution is -2.45. The molecular formula is C12H21N3O4S. The first-order chi connectivity index (χ1) is 9.51. The van der Waals surface area contributed by atoms with Gasteiger partial charge in [0.15, 0.2) is 0 Å². The predicted molar refractivity (Wildman–Crippen MR) is 73.9 cm³/mol. The third-order valence-corrected chi connectivity index (χ3v) is 4.39. The molecule has 0 saturated carbocycles. The molecule has 8 heteroatoms. The quantitative estimate of drug-likeness (QED) is 0.744. The lowest BCUT2D eigenvalue weighted by molar-refractivity contribution is -0.0156. The fourth-order valence-corrected chi connectivity index (χ4v) is 3.05. The van der Waals surface area contributed by atoms with Crippen LogP contribution in [0.25, 0.3) is 0 Å². The highest BCUT2D eigenvalue weighted by atomic mass is 32.2. The van der Waals surface area contributed by atoms with E-state index in [1.54, 1.807) is 13.1 Å². The van der Waals surface area contributed by atoms with Crippen LogP contribution < -0.4 is 10.0 Å². The summed E-state index contributed by atoms with van der Waals surface area (Å²) in [5.74, 6) is 0.585. The van der Waals surface area contributed by atoms with E-state index in [4.69, 9.17) is 9.15 Å². The number of hydrogen-bond donors (Lipinski definition) is 2. The Morgan fingerprint density at radius 1 is 1.45 bits per heavy atom. The van der Waals surface area contributed by atoms with Gasteiger partial charge in [-0.1, -0.05) is 0 Å². The van der Waals surface area contributed by atoms with Crippen LogP contribution in [0.2, 0.25) is 0 Å². The molecule has 1 aliphatic heterocycles. The van der Waals surface area contributed by atoms with E-state index in [1.165, 1.54) is 6.07 Å². The average molecular weight is 303 g/mol. The monoisotopic (exact) mass is 303 g/mol. The summed E-state index contributed by atoms with van der Waals surface area (Å²) in [7, 11) is 0.139. The molecule has 1 atom stereocenters. The van der Waals surface area contributed by atoms with Gasteiger partial charge in [-0.05, 0) is 26.2 Å². The maximum absolute atomic E-state index is 12.1. The zero-order valence-corrected chi connectivity index (χ0v) is 12.6. The molecule has 1 fully saturated rings. The van der Waals surface area contributed by atoms with E-state index in [0.717, 1.165) is 6.54 Å². The van der Waals surface area contributed by atoms with Crippen molar-refractivity contribution in [2.45, 2.75) is 17.7 Å². The summed E-state index contributed by atoms with van der Waals surface area (Å²) in [5, 5.41) is 2.84. The summed E-state index contributed by atoms with van der Waals surface area (Å²) in [6.45, 7) is 2.94. The molecular weight excluding hydrogens is 282 g/mol. The van der Waals surface area contributed by atoms with Gasteiger partial charge in [-0.25, -0.2) is 13.1 Å². The Kier molecular flexibility index (Phi) is 5.17. The molecule has 2 rings (SSSR count). The number of nitrogens with one attached hydrogen (secondary N) is 2. The molecule has 20 heavy (non-hydrogen) atoms. The Hall–Kier alpha value is -0.930. The highest BCUT2D eigenvalue weighted by molar-refractivity contribution is 7.89. The van der Waals surface area contributed by atoms with E-state index in [2.05, 4.69) is 14.9 Å². The van der Waals surface area contributed by atoms with Crippen LogP contribution in [0.3, 0.4) is 0 Å². The summed E-state index contributed by atoms with van der Waals surface area (Å²) in [4.78, 5) is 2.11. The van der Waals surface area contributed by atoms with Gasteiger partial charge in [0.25, 0.3) is 10.0 Å². The summed E-state index contributed by atoms with van der Waals surface area (Å²) in [5.41, 5.74) is 0. The van der Waals surface area contributed by atoms with Gasteiger partial charge in [0.05, 0.1) is 19.3 Å². The fourth-order valence-electron chi connectivity index (χ4n) is 2.04. The van der Waals surface area contributed by atoms with Crippen LogP contribution in [0.5, 0.6) is 0 Å². The molecule has 7 nitrogen and oxygen atoms in total. The number of sulfonamides is 1. The van der Waals surface area contributed by atoms with E-state index in [0.29, 0.717) is 25.5 Å². The van der Waals surface area contributed by atoms with Crippen molar-refractivity contribution in [2.75, 3.05) is 40.3 Å². The fraction of sp³-hybridized carbons (Fsp3) is 0.667. The van der Waals surface area contributed by atoms with Crippen LogP contribution in [-0.2, 0) is 21.3 Å². The first kappa shape index (κ1) is 15.5. The van der Waals surface area contributed by atoms with Crippen LogP contribution in [0.15, 0.2) is 21.6 Å². The second-order valence-corrected chi connectivity index (χ2v) is 6.56. The zero-order valence-electron chi connectivity index (χ0n) is 11.8. The maximum Gasteiger partial charge on any atom is 0.274 e. The van der Waals surface area contributed by atoms with Gasteiger partial charge in [-0.2, -0.15) is 0 Å². The minimum Gasteiger partial charge on any atom is -0.447 e. The zero-order chi connectivity index (χ0) is 14.6. The Morgan fingerprint density at radius 3 is 2.95 bits per heavy atom. The Morgan fingerprint density at radius 2 is 2.25 bits per heavy atom.